The van der Waals surface area contributed by atoms with E-state index in [1.165, 1.54) is 5.56 Å². The second-order valence-electron chi connectivity index (χ2n) is 8.31. The average Bonchev–Trinajstić information content (AvgIpc) is 3.22. The minimum Gasteiger partial charge on any atom is -0.379 e. The number of imidazole rings is 1. The number of nitrogens with one attached hydrogen (secondary N) is 2. The first-order valence-electron chi connectivity index (χ1n) is 11.5. The average molecular weight is 555 g/mol. The molecular weight excluding hydrogens is 515 g/mol. The summed E-state index contributed by atoms with van der Waals surface area (Å²) in [7, 11) is 0. The van der Waals surface area contributed by atoms with Gasteiger partial charge in [0.2, 0.25) is 0 Å². The Morgan fingerprint density at radius 1 is 1.16 bits per heavy atom. The zero-order valence-corrected chi connectivity index (χ0v) is 22.0. The van der Waals surface area contributed by atoms with Crippen LogP contribution in [0.5, 0.6) is 0 Å². The predicted molar refractivity (Wildman–Crippen MR) is 142 cm³/mol. The maximum Gasteiger partial charge on any atom is 0.191 e. The molecular formula is C24H39IN6O. The fourth-order valence-corrected chi connectivity index (χ4v) is 3.97. The largest absolute Gasteiger partial charge is 0.379 e. The highest BCUT2D eigenvalue weighted by Gasteiger charge is 2.23. The Morgan fingerprint density at radius 3 is 2.59 bits per heavy atom. The molecule has 1 atom stereocenters. The van der Waals surface area contributed by atoms with Crippen molar-refractivity contribution in [3.8, 4) is 0 Å². The molecule has 1 fully saturated rings. The van der Waals surface area contributed by atoms with E-state index in [1.54, 1.807) is 0 Å². The maximum absolute atomic E-state index is 5.52. The molecule has 0 radical (unpaired) electrons. The molecule has 32 heavy (non-hydrogen) atoms. The van der Waals surface area contributed by atoms with E-state index in [0.29, 0.717) is 12.0 Å². The molecule has 1 unspecified atom stereocenters. The SMILES string of the molecule is CCNC(=NCC(C(C)C)N1CCOCC1)NCCc1nccn1Cc1ccccc1.I. The molecule has 7 nitrogen and oxygen atoms in total. The van der Waals surface area contributed by atoms with Gasteiger partial charge in [-0.25, -0.2) is 4.98 Å². The van der Waals surface area contributed by atoms with E-state index in [4.69, 9.17) is 9.73 Å². The number of halogens is 1. The Labute approximate surface area is 210 Å². The molecule has 3 rings (SSSR count). The Bertz CT molecular complexity index is 789. The van der Waals surface area contributed by atoms with E-state index in [0.717, 1.165) is 70.7 Å². The summed E-state index contributed by atoms with van der Waals surface area (Å²) < 4.78 is 7.74. The lowest BCUT2D eigenvalue weighted by Gasteiger charge is -2.36. The number of guanidine groups is 1. The quantitative estimate of drug-likeness (QED) is 0.269. The van der Waals surface area contributed by atoms with Crippen LogP contribution < -0.4 is 10.6 Å². The van der Waals surface area contributed by atoms with Gasteiger partial charge >= 0.3 is 0 Å². The van der Waals surface area contributed by atoms with Gasteiger partial charge in [0.25, 0.3) is 0 Å². The van der Waals surface area contributed by atoms with E-state index in [1.807, 2.05) is 12.3 Å². The molecule has 178 valence electrons. The van der Waals surface area contributed by atoms with Crippen LogP contribution in [0, 0.1) is 5.92 Å². The summed E-state index contributed by atoms with van der Waals surface area (Å²) >= 11 is 0. The van der Waals surface area contributed by atoms with E-state index in [-0.39, 0.29) is 24.0 Å². The van der Waals surface area contributed by atoms with Gasteiger partial charge in [0.15, 0.2) is 5.96 Å². The zero-order valence-electron chi connectivity index (χ0n) is 19.7. The van der Waals surface area contributed by atoms with Crippen LogP contribution in [-0.4, -0.2) is 72.4 Å². The van der Waals surface area contributed by atoms with E-state index in [2.05, 4.69) is 76.3 Å². The third-order valence-electron chi connectivity index (χ3n) is 5.70. The second kappa shape index (κ2) is 14.5. The molecule has 1 aromatic carbocycles. The third kappa shape index (κ3) is 8.37. The molecule has 0 spiro atoms. The lowest BCUT2D eigenvalue weighted by Crippen LogP contribution is -2.48. The van der Waals surface area contributed by atoms with Crippen molar-refractivity contribution in [2.75, 3.05) is 45.9 Å². The minimum atomic E-state index is 0. The number of ether oxygens (including phenoxy) is 1. The lowest BCUT2D eigenvalue weighted by molar-refractivity contribution is 0.00867. The molecule has 8 heteroatoms. The molecule has 1 aliphatic rings. The molecule has 0 amide bonds. The first-order chi connectivity index (χ1) is 15.2. The number of hydrogen-bond acceptors (Lipinski definition) is 4. The molecule has 0 saturated carbocycles. The number of aromatic nitrogens is 2. The monoisotopic (exact) mass is 554 g/mol. The smallest absolute Gasteiger partial charge is 0.191 e. The normalized spacial score (nSPS) is 15.9. The number of hydrogen-bond donors (Lipinski definition) is 2. The predicted octanol–water partition coefficient (Wildman–Crippen LogP) is 3.00. The van der Waals surface area contributed by atoms with Crippen LogP contribution in [0.1, 0.15) is 32.2 Å². The van der Waals surface area contributed by atoms with Crippen molar-refractivity contribution < 1.29 is 4.74 Å². The van der Waals surface area contributed by atoms with Crippen molar-refractivity contribution in [1.29, 1.82) is 0 Å². The summed E-state index contributed by atoms with van der Waals surface area (Å²) in [6.45, 7) is 13.6. The molecule has 2 aromatic rings. The molecule has 2 N–H and O–H groups in total. The van der Waals surface area contributed by atoms with Gasteiger partial charge < -0.3 is 19.9 Å². The van der Waals surface area contributed by atoms with Gasteiger partial charge in [0, 0.05) is 57.6 Å². The highest BCUT2D eigenvalue weighted by Crippen LogP contribution is 2.13. The van der Waals surface area contributed by atoms with Crippen LogP contribution in [0.3, 0.4) is 0 Å². The number of morpholine rings is 1. The van der Waals surface area contributed by atoms with Gasteiger partial charge in [-0.3, -0.25) is 9.89 Å². The molecule has 1 aliphatic heterocycles. The van der Waals surface area contributed by atoms with Gasteiger partial charge in [0.1, 0.15) is 5.82 Å². The van der Waals surface area contributed by atoms with E-state index in [9.17, 15) is 0 Å². The van der Waals surface area contributed by atoms with Crippen molar-refractivity contribution in [3.05, 3.63) is 54.1 Å². The van der Waals surface area contributed by atoms with Gasteiger partial charge in [-0.1, -0.05) is 44.2 Å². The van der Waals surface area contributed by atoms with Crippen LogP contribution in [0.4, 0.5) is 0 Å². The molecule has 1 saturated heterocycles. The fraction of sp³-hybridized carbons (Fsp3) is 0.583. The van der Waals surface area contributed by atoms with E-state index < -0.39 is 0 Å². The first kappa shape index (κ1) is 26.6. The van der Waals surface area contributed by atoms with Gasteiger partial charge in [0.05, 0.1) is 19.8 Å². The number of rotatable bonds is 10. The summed E-state index contributed by atoms with van der Waals surface area (Å²) in [6, 6.07) is 10.9. The second-order valence-corrected chi connectivity index (χ2v) is 8.31. The highest BCUT2D eigenvalue weighted by molar-refractivity contribution is 14.0. The van der Waals surface area contributed by atoms with Crippen molar-refractivity contribution >= 4 is 29.9 Å². The van der Waals surface area contributed by atoms with Crippen LogP contribution in [0.2, 0.25) is 0 Å². The highest BCUT2D eigenvalue weighted by atomic mass is 127. The molecule has 2 heterocycles. The first-order valence-corrected chi connectivity index (χ1v) is 11.5. The topological polar surface area (TPSA) is 66.7 Å². The Morgan fingerprint density at radius 2 is 1.91 bits per heavy atom. The summed E-state index contributed by atoms with van der Waals surface area (Å²) in [4.78, 5) is 12.0. The summed E-state index contributed by atoms with van der Waals surface area (Å²) in [5.41, 5.74) is 1.28. The standard InChI is InChI=1S/C24H38N6O.HI/c1-4-25-24(28-18-22(20(2)3)29-14-16-31-17-15-29)27-11-10-23-26-12-13-30(23)19-21-8-6-5-7-9-21;/h5-9,12-13,20,22H,4,10-11,14-19H2,1-3H3,(H2,25,27,28);1H. The fourth-order valence-electron chi connectivity index (χ4n) is 3.97. The third-order valence-corrected chi connectivity index (χ3v) is 5.70. The van der Waals surface area contributed by atoms with Crippen LogP contribution in [-0.2, 0) is 17.7 Å². The molecule has 0 aliphatic carbocycles. The van der Waals surface area contributed by atoms with Gasteiger partial charge in [-0.2, -0.15) is 0 Å². The van der Waals surface area contributed by atoms with Crippen LogP contribution >= 0.6 is 24.0 Å². The minimum absolute atomic E-state index is 0. The maximum atomic E-state index is 5.52. The Balaban J connectivity index is 0.00000363. The van der Waals surface area contributed by atoms with Crippen molar-refractivity contribution in [1.82, 2.24) is 25.1 Å². The molecule has 1 aromatic heterocycles. The molecule has 0 bridgehead atoms. The Kier molecular flexibility index (Phi) is 12.0. The van der Waals surface area contributed by atoms with Crippen molar-refractivity contribution in [3.63, 3.8) is 0 Å². The number of nitrogens with zero attached hydrogens (tertiary/aromatic N) is 4. The van der Waals surface area contributed by atoms with Crippen molar-refractivity contribution in [2.45, 2.75) is 39.8 Å². The number of benzene rings is 1. The van der Waals surface area contributed by atoms with Crippen LogP contribution in [0.25, 0.3) is 0 Å². The summed E-state index contributed by atoms with van der Waals surface area (Å²) in [6.07, 6.45) is 4.78. The zero-order chi connectivity index (χ0) is 21.9. The van der Waals surface area contributed by atoms with E-state index >= 15 is 0 Å². The van der Waals surface area contributed by atoms with Crippen LogP contribution in [0.15, 0.2) is 47.7 Å². The summed E-state index contributed by atoms with van der Waals surface area (Å²) in [5, 5.41) is 6.87. The van der Waals surface area contributed by atoms with Gasteiger partial charge in [-0.15, -0.1) is 24.0 Å². The van der Waals surface area contributed by atoms with Crippen molar-refractivity contribution in [2.24, 2.45) is 10.9 Å². The Hall–Kier alpha value is -1.65. The number of aliphatic imine (C=N–C) groups is 1. The summed E-state index contributed by atoms with van der Waals surface area (Å²) in [5.74, 6) is 2.51. The van der Waals surface area contributed by atoms with Gasteiger partial charge in [-0.05, 0) is 18.4 Å². The lowest BCUT2D eigenvalue weighted by atomic mass is 10.0.